The quantitative estimate of drug-likeness (QED) is 0.171. The number of hydrogen-bond donors (Lipinski definition) is 0. The van der Waals surface area contributed by atoms with E-state index in [9.17, 15) is 0 Å². The van der Waals surface area contributed by atoms with Gasteiger partial charge in [-0.3, -0.25) is 6.08 Å². The molecule has 0 fully saturated rings. The molecule has 6 rings (SSSR count). The molecule has 0 nitrogen and oxygen atoms in total. The first-order valence-electron chi connectivity index (χ1n) is 15.0. The Kier molecular flexibility index (Phi) is 10.4. The molecule has 0 aromatic heterocycles. The second-order valence-corrected chi connectivity index (χ2v) is 14.7. The SMILES string of the molecule is CC(C)(C)c1[c-]c2c(cc1)-c1ccc(C(C)(C)C)cc1C2.Cc1cccc([C](=[Zr+2])c2cccc(C)c2)c1.[C-]1=CC=CC1. The van der Waals surface area contributed by atoms with Gasteiger partial charge in [-0.2, -0.15) is 29.8 Å². The van der Waals surface area contributed by atoms with Crippen molar-refractivity contribution in [2.75, 3.05) is 0 Å². The summed E-state index contributed by atoms with van der Waals surface area (Å²) in [6, 6.07) is 32.6. The van der Waals surface area contributed by atoms with E-state index in [1.165, 1.54) is 83.1 Å². The predicted molar refractivity (Wildman–Crippen MR) is 178 cm³/mol. The van der Waals surface area contributed by atoms with Gasteiger partial charge in [0.15, 0.2) is 0 Å². The van der Waals surface area contributed by atoms with Crippen LogP contribution in [0.4, 0.5) is 0 Å². The molecule has 4 aromatic rings. The maximum atomic E-state index is 3.67. The molecule has 0 bridgehead atoms. The molecule has 0 N–H and O–H groups in total. The molecule has 0 saturated heterocycles. The van der Waals surface area contributed by atoms with Gasteiger partial charge in [0.1, 0.15) is 0 Å². The summed E-state index contributed by atoms with van der Waals surface area (Å²) in [6.07, 6.45) is 11.0. The fourth-order valence-corrected chi connectivity index (χ4v) is 5.90. The van der Waals surface area contributed by atoms with Crippen molar-refractivity contribution in [1.82, 2.24) is 0 Å². The summed E-state index contributed by atoms with van der Waals surface area (Å²) in [5.41, 5.74) is 14.1. The molecule has 0 radical (unpaired) electrons. The van der Waals surface area contributed by atoms with Gasteiger partial charge in [0.2, 0.25) is 0 Å². The van der Waals surface area contributed by atoms with Crippen LogP contribution < -0.4 is 0 Å². The fourth-order valence-electron chi connectivity index (χ4n) is 5.14. The number of hydrogen-bond acceptors (Lipinski definition) is 0. The van der Waals surface area contributed by atoms with Crippen LogP contribution in [0, 0.1) is 26.0 Å². The van der Waals surface area contributed by atoms with Gasteiger partial charge in [0.05, 0.1) is 0 Å². The molecule has 0 heterocycles. The third-order valence-corrected chi connectivity index (χ3v) is 9.08. The van der Waals surface area contributed by atoms with Gasteiger partial charge >= 0.3 is 112 Å². The summed E-state index contributed by atoms with van der Waals surface area (Å²) < 4.78 is 1.43. The second-order valence-electron chi connectivity index (χ2n) is 13.4. The number of benzene rings is 4. The third kappa shape index (κ3) is 8.35. The van der Waals surface area contributed by atoms with Crippen LogP contribution in [-0.2, 0) is 41.5 Å². The van der Waals surface area contributed by atoms with Crippen LogP contribution in [0.1, 0.15) is 92.5 Å². The second kappa shape index (κ2) is 13.6. The molecule has 4 aromatic carbocycles. The van der Waals surface area contributed by atoms with E-state index in [0.717, 1.165) is 12.8 Å². The minimum absolute atomic E-state index is 0.167. The Labute approximate surface area is 269 Å². The first-order chi connectivity index (χ1) is 19.8. The van der Waals surface area contributed by atoms with Crippen LogP contribution in [0.5, 0.6) is 0 Å². The molecule has 2 aliphatic rings. The molecule has 0 unspecified atom stereocenters. The zero-order chi connectivity index (χ0) is 30.5. The monoisotopic (exact) mass is 626 g/mol. The van der Waals surface area contributed by atoms with Crippen LogP contribution in [0.3, 0.4) is 0 Å². The van der Waals surface area contributed by atoms with Gasteiger partial charge in [0, 0.05) is 0 Å². The van der Waals surface area contributed by atoms with Crippen molar-refractivity contribution in [3.05, 3.63) is 154 Å². The summed E-state index contributed by atoms with van der Waals surface area (Å²) in [4.78, 5) is 0. The topological polar surface area (TPSA) is 0 Å². The van der Waals surface area contributed by atoms with E-state index in [4.69, 9.17) is 0 Å². The number of fused-ring (bicyclic) bond motifs is 3. The maximum absolute atomic E-state index is 3.67. The van der Waals surface area contributed by atoms with Crippen LogP contribution in [0.25, 0.3) is 11.1 Å². The minimum atomic E-state index is 0.167. The molecule has 0 atom stereocenters. The first kappa shape index (κ1) is 32.0. The van der Waals surface area contributed by atoms with Gasteiger partial charge in [-0.05, 0) is 28.4 Å². The van der Waals surface area contributed by atoms with Gasteiger partial charge < -0.3 is 0 Å². The Balaban J connectivity index is 0.000000170. The Hall–Kier alpha value is -2.89. The standard InChI is InChI=1S/C21H25.C15H14.C5H5.Zr/c1-20(2,3)16-7-9-18-14(12-16)11-15-13-17(21(4,5)6)8-10-19(15)18;1-12-5-3-7-14(9-12)11-15-8-4-6-13(2)10-15;1-2-4-5-3-1;/h7-10,12H,11H2,1-6H3;3-10H,1-2H3;1-3H,4H2;/q-1;;-1;+2. The Morgan fingerprint density at radius 3 is 1.81 bits per heavy atom. The number of rotatable bonds is 2. The van der Waals surface area contributed by atoms with E-state index in [0.29, 0.717) is 0 Å². The molecular weight excluding hydrogens is 584 g/mol. The van der Waals surface area contributed by atoms with Crippen molar-refractivity contribution in [2.24, 2.45) is 0 Å². The predicted octanol–water partition coefficient (Wildman–Crippen LogP) is 10.4. The molecule has 0 spiro atoms. The third-order valence-electron chi connectivity index (χ3n) is 7.66. The first-order valence-corrected chi connectivity index (χ1v) is 16.2. The van der Waals surface area contributed by atoms with Crippen LogP contribution in [0.2, 0.25) is 0 Å². The summed E-state index contributed by atoms with van der Waals surface area (Å²) >= 11 is 1.47. The van der Waals surface area contributed by atoms with Crippen molar-refractivity contribution in [2.45, 2.75) is 79.1 Å². The molecule has 0 saturated carbocycles. The number of aryl methyl sites for hydroxylation is 2. The summed E-state index contributed by atoms with van der Waals surface area (Å²) in [5.74, 6) is 0. The molecule has 0 amide bonds. The molecular formula is C41H44Zr. The van der Waals surface area contributed by atoms with E-state index < -0.39 is 0 Å². The van der Waals surface area contributed by atoms with Crippen molar-refractivity contribution in [3.63, 3.8) is 0 Å². The summed E-state index contributed by atoms with van der Waals surface area (Å²) in [6.45, 7) is 17.9. The molecule has 42 heavy (non-hydrogen) atoms. The molecule has 0 aliphatic heterocycles. The van der Waals surface area contributed by atoms with E-state index in [1.54, 1.807) is 0 Å². The summed E-state index contributed by atoms with van der Waals surface area (Å²) in [5, 5.41) is 0. The minimum Gasteiger partial charge on any atom is -0.273 e. The van der Waals surface area contributed by atoms with Crippen LogP contribution in [0.15, 0.2) is 97.1 Å². The average Bonchev–Trinajstić information content (AvgIpc) is 3.63. The van der Waals surface area contributed by atoms with E-state index in [-0.39, 0.29) is 10.8 Å². The van der Waals surface area contributed by atoms with Crippen molar-refractivity contribution < 1.29 is 24.2 Å². The normalized spacial score (nSPS) is 13.0. The Bertz CT molecular complexity index is 1500. The number of allylic oxidation sites excluding steroid dienone is 4. The zero-order valence-corrected chi connectivity index (χ0v) is 29.1. The van der Waals surface area contributed by atoms with Crippen LogP contribution >= 0.6 is 0 Å². The van der Waals surface area contributed by atoms with Gasteiger partial charge in [-0.15, -0.1) is 17.5 Å². The molecule has 1 heteroatoms. The molecule has 212 valence electrons. The van der Waals surface area contributed by atoms with Gasteiger partial charge in [-0.1, -0.05) is 65.3 Å². The largest absolute Gasteiger partial charge is 0.273 e. The Morgan fingerprint density at radius 1 is 0.714 bits per heavy atom. The Morgan fingerprint density at radius 2 is 1.33 bits per heavy atom. The van der Waals surface area contributed by atoms with Crippen LogP contribution in [-0.4, -0.2) is 3.21 Å². The maximum Gasteiger partial charge on any atom is -0.109 e. The smallest absolute Gasteiger partial charge is 0.109 e. The average molecular weight is 628 g/mol. The van der Waals surface area contributed by atoms with E-state index >= 15 is 0 Å². The van der Waals surface area contributed by atoms with Gasteiger partial charge in [0.25, 0.3) is 0 Å². The fraction of sp³-hybridized carbons (Fsp3) is 0.293. The molecule has 2 aliphatic carbocycles. The van der Waals surface area contributed by atoms with E-state index in [1.807, 2.05) is 12.2 Å². The van der Waals surface area contributed by atoms with Crippen molar-refractivity contribution in [1.29, 1.82) is 0 Å². The summed E-state index contributed by atoms with van der Waals surface area (Å²) in [7, 11) is 0. The van der Waals surface area contributed by atoms with Crippen molar-refractivity contribution >= 4 is 3.21 Å². The van der Waals surface area contributed by atoms with Crippen molar-refractivity contribution in [3.8, 4) is 11.1 Å². The zero-order valence-electron chi connectivity index (χ0n) is 26.7. The van der Waals surface area contributed by atoms with E-state index in [2.05, 4.69) is 152 Å². The van der Waals surface area contributed by atoms with Gasteiger partial charge in [-0.25, -0.2) is 12.2 Å².